The molecule has 1 heterocycles. The number of para-hydroxylation sites is 1. The van der Waals surface area contributed by atoms with Gasteiger partial charge in [-0.15, -0.1) is 0 Å². The van der Waals surface area contributed by atoms with Crippen LogP contribution in [-0.4, -0.2) is 28.8 Å². The zero-order valence-electron chi connectivity index (χ0n) is 23.7. The third kappa shape index (κ3) is 4.49. The highest BCUT2D eigenvalue weighted by atomic mass is 16.5. The first kappa shape index (κ1) is 26.3. The molecule has 4 aliphatic rings. The van der Waals surface area contributed by atoms with Crippen molar-refractivity contribution in [1.82, 2.24) is 4.98 Å². The van der Waals surface area contributed by atoms with Crippen molar-refractivity contribution >= 4 is 16.9 Å². The van der Waals surface area contributed by atoms with Gasteiger partial charge in [0.15, 0.2) is 0 Å². The van der Waals surface area contributed by atoms with Crippen LogP contribution in [0.15, 0.2) is 36.5 Å². The number of hydrogen-bond donors (Lipinski definition) is 1. The number of rotatable bonds is 6. The Balaban J connectivity index is 1.03. The number of pyridine rings is 1. The molecule has 0 aliphatic heterocycles. The maximum atomic E-state index is 12.6. The van der Waals surface area contributed by atoms with E-state index in [0.717, 1.165) is 66.2 Å². The fourth-order valence-corrected chi connectivity index (χ4v) is 10.2. The predicted molar refractivity (Wildman–Crippen MR) is 152 cm³/mol. The highest BCUT2D eigenvalue weighted by Gasteiger charge is 2.60. The summed E-state index contributed by atoms with van der Waals surface area (Å²) in [5.41, 5.74) is 2.36. The fraction of sp³-hybridized carbons (Fsp3) is 0.706. The van der Waals surface area contributed by atoms with Crippen molar-refractivity contribution in [2.75, 3.05) is 6.61 Å². The molecule has 4 fully saturated rings. The van der Waals surface area contributed by atoms with Crippen molar-refractivity contribution < 1.29 is 14.6 Å². The molecule has 38 heavy (non-hydrogen) atoms. The number of benzene rings is 1. The second kappa shape index (κ2) is 10.2. The molecule has 206 valence electrons. The van der Waals surface area contributed by atoms with Crippen LogP contribution in [0.25, 0.3) is 10.9 Å². The molecule has 9 atom stereocenters. The topological polar surface area (TPSA) is 59.4 Å². The maximum Gasteiger partial charge on any atom is 0.339 e. The zero-order chi connectivity index (χ0) is 26.5. The van der Waals surface area contributed by atoms with E-state index in [-0.39, 0.29) is 12.1 Å². The summed E-state index contributed by atoms with van der Waals surface area (Å²) >= 11 is 0. The molecule has 1 aromatic heterocycles. The molecular weight excluding hydrogens is 470 g/mol. The first-order valence-electron chi connectivity index (χ1n) is 15.5. The van der Waals surface area contributed by atoms with Gasteiger partial charge in [0, 0.05) is 11.6 Å². The Labute approximate surface area is 229 Å². The van der Waals surface area contributed by atoms with Crippen LogP contribution in [0.2, 0.25) is 0 Å². The number of fused-ring (bicyclic) bond motifs is 6. The molecule has 4 heteroatoms. The molecule has 0 radical (unpaired) electrons. The number of aromatic nitrogens is 1. The Morgan fingerprint density at radius 2 is 1.84 bits per heavy atom. The van der Waals surface area contributed by atoms with Gasteiger partial charge in [-0.05, 0) is 129 Å². The van der Waals surface area contributed by atoms with E-state index in [2.05, 4.69) is 25.8 Å². The Kier molecular flexibility index (Phi) is 7.08. The van der Waals surface area contributed by atoms with E-state index in [4.69, 9.17) is 4.74 Å². The highest BCUT2D eigenvalue weighted by Crippen LogP contribution is 2.68. The van der Waals surface area contributed by atoms with E-state index in [1.807, 2.05) is 30.3 Å². The van der Waals surface area contributed by atoms with Crippen LogP contribution >= 0.6 is 0 Å². The molecule has 1 N–H and O–H groups in total. The van der Waals surface area contributed by atoms with Gasteiger partial charge in [0.1, 0.15) is 0 Å². The first-order valence-corrected chi connectivity index (χ1v) is 15.5. The molecule has 4 saturated carbocycles. The standard InChI is InChI=1S/C34H47NO3/c1-22(7-6-18-38-32(37)24-19-23-8-4-5-9-31(23)35-21-24)28-12-13-29-27-11-10-25-20-26(36)14-16-33(25,2)30(27)15-17-34(28,29)3/h4-5,8-9,19,21-22,25-30,36H,6-7,10-18,20H2,1-3H3/t22-,25-,26-,27+,28-,29+,30+,33+,34-/m1/s1. The van der Waals surface area contributed by atoms with Crippen LogP contribution < -0.4 is 0 Å². The minimum absolute atomic E-state index is 0.0568. The number of aliphatic hydroxyl groups is 1. The average Bonchev–Trinajstić information content (AvgIpc) is 3.28. The molecule has 0 saturated heterocycles. The second-order valence-electron chi connectivity index (χ2n) is 14.0. The van der Waals surface area contributed by atoms with Crippen molar-refractivity contribution in [2.24, 2.45) is 46.3 Å². The Morgan fingerprint density at radius 1 is 1.05 bits per heavy atom. The third-order valence-corrected chi connectivity index (χ3v) is 12.3. The molecule has 6 rings (SSSR count). The lowest BCUT2D eigenvalue weighted by Crippen LogP contribution is -2.54. The highest BCUT2D eigenvalue weighted by molar-refractivity contribution is 5.93. The van der Waals surface area contributed by atoms with E-state index in [1.54, 1.807) is 6.20 Å². The summed E-state index contributed by atoms with van der Waals surface area (Å²) < 4.78 is 5.66. The van der Waals surface area contributed by atoms with Crippen molar-refractivity contribution in [2.45, 2.75) is 97.5 Å². The van der Waals surface area contributed by atoms with Crippen molar-refractivity contribution in [1.29, 1.82) is 0 Å². The van der Waals surface area contributed by atoms with Crippen molar-refractivity contribution in [3.8, 4) is 0 Å². The minimum atomic E-state index is -0.263. The number of carbonyl (C=O) groups excluding carboxylic acids is 1. The fourth-order valence-electron chi connectivity index (χ4n) is 10.2. The third-order valence-electron chi connectivity index (χ3n) is 12.3. The molecule has 0 unspecified atom stereocenters. The van der Waals surface area contributed by atoms with Gasteiger partial charge in [-0.2, -0.15) is 0 Å². The maximum absolute atomic E-state index is 12.6. The molecule has 0 amide bonds. The van der Waals surface area contributed by atoms with E-state index in [1.165, 1.54) is 44.9 Å². The molecule has 4 nitrogen and oxygen atoms in total. The van der Waals surface area contributed by atoms with Crippen molar-refractivity contribution in [3.63, 3.8) is 0 Å². The minimum Gasteiger partial charge on any atom is -0.462 e. The largest absolute Gasteiger partial charge is 0.462 e. The summed E-state index contributed by atoms with van der Waals surface area (Å²) in [6.45, 7) is 8.17. The van der Waals surface area contributed by atoms with Crippen LogP contribution in [0.5, 0.6) is 0 Å². The monoisotopic (exact) mass is 517 g/mol. The van der Waals surface area contributed by atoms with Crippen LogP contribution in [0.1, 0.15) is 102 Å². The average molecular weight is 518 g/mol. The van der Waals surface area contributed by atoms with Gasteiger partial charge in [0.2, 0.25) is 0 Å². The van der Waals surface area contributed by atoms with Gasteiger partial charge in [-0.3, -0.25) is 4.98 Å². The summed E-state index contributed by atoms with van der Waals surface area (Å²) in [6.07, 6.45) is 15.2. The number of aliphatic hydroxyl groups excluding tert-OH is 1. The van der Waals surface area contributed by atoms with Gasteiger partial charge in [0.05, 0.1) is 23.8 Å². The lowest BCUT2D eigenvalue weighted by atomic mass is 9.44. The summed E-state index contributed by atoms with van der Waals surface area (Å²) in [6, 6.07) is 9.74. The smallest absolute Gasteiger partial charge is 0.339 e. The summed E-state index contributed by atoms with van der Waals surface area (Å²) in [5.74, 6) is 4.55. The molecule has 1 aromatic carbocycles. The first-order chi connectivity index (χ1) is 18.3. The normalized spacial score (nSPS) is 39.2. The zero-order valence-corrected chi connectivity index (χ0v) is 23.7. The number of esters is 1. The van der Waals surface area contributed by atoms with E-state index in [9.17, 15) is 9.90 Å². The number of carbonyl (C=O) groups is 1. The van der Waals surface area contributed by atoms with Crippen LogP contribution in [0.3, 0.4) is 0 Å². The molecule has 2 aromatic rings. The Bertz CT molecular complexity index is 1160. The lowest BCUT2D eigenvalue weighted by molar-refractivity contribution is -0.129. The molecular formula is C34H47NO3. The summed E-state index contributed by atoms with van der Waals surface area (Å²) in [7, 11) is 0. The van der Waals surface area contributed by atoms with Crippen molar-refractivity contribution in [3.05, 3.63) is 42.1 Å². The molecule has 0 spiro atoms. The van der Waals surface area contributed by atoms with Crippen LogP contribution in [0, 0.1) is 46.3 Å². The summed E-state index contributed by atoms with van der Waals surface area (Å²) in [5, 5.41) is 11.3. The van der Waals surface area contributed by atoms with E-state index >= 15 is 0 Å². The number of nitrogens with zero attached hydrogens (tertiary/aromatic N) is 1. The van der Waals surface area contributed by atoms with Crippen LogP contribution in [0.4, 0.5) is 0 Å². The van der Waals surface area contributed by atoms with E-state index in [0.29, 0.717) is 28.9 Å². The van der Waals surface area contributed by atoms with Gasteiger partial charge < -0.3 is 9.84 Å². The van der Waals surface area contributed by atoms with Crippen LogP contribution in [-0.2, 0) is 4.74 Å². The molecule has 0 bridgehead atoms. The Hall–Kier alpha value is -1.94. The number of hydrogen-bond acceptors (Lipinski definition) is 4. The second-order valence-corrected chi connectivity index (χ2v) is 14.0. The molecule has 4 aliphatic carbocycles. The Morgan fingerprint density at radius 3 is 2.71 bits per heavy atom. The predicted octanol–water partition coefficient (Wildman–Crippen LogP) is 7.83. The van der Waals surface area contributed by atoms with E-state index < -0.39 is 0 Å². The van der Waals surface area contributed by atoms with Gasteiger partial charge in [-0.25, -0.2) is 4.79 Å². The summed E-state index contributed by atoms with van der Waals surface area (Å²) in [4.78, 5) is 17.0. The van der Waals surface area contributed by atoms with Gasteiger partial charge >= 0.3 is 5.97 Å². The lowest BCUT2D eigenvalue weighted by Gasteiger charge is -2.61. The van der Waals surface area contributed by atoms with Gasteiger partial charge in [0.25, 0.3) is 0 Å². The quantitative estimate of drug-likeness (QED) is 0.313. The number of ether oxygens (including phenoxy) is 1. The van der Waals surface area contributed by atoms with Gasteiger partial charge in [-0.1, -0.05) is 39.0 Å². The SMILES string of the molecule is C[C@H](CCCOC(=O)c1cnc2ccccc2c1)[C@H]1CC[C@H]2[C@@H]3CC[C@@H]4C[C@H](O)CC[C@]4(C)[C@H]3CC[C@]12C.